The molecule has 27 heavy (non-hydrogen) atoms. The van der Waals surface area contributed by atoms with Crippen LogP contribution in [-0.2, 0) is 16.6 Å². The van der Waals surface area contributed by atoms with E-state index in [1.165, 1.54) is 46.6 Å². The molecule has 0 saturated heterocycles. The molecular formula is C19H22F2N2O3S. The number of amides is 1. The fourth-order valence-corrected chi connectivity index (χ4v) is 4.21. The summed E-state index contributed by atoms with van der Waals surface area (Å²) in [5.74, 6) is -2.36. The average Bonchev–Trinajstić information content (AvgIpc) is 2.65. The first kappa shape index (κ1) is 21.0. The van der Waals surface area contributed by atoms with E-state index in [2.05, 4.69) is 0 Å². The van der Waals surface area contributed by atoms with Gasteiger partial charge in [0.15, 0.2) is 11.6 Å². The number of carbonyl (C=O) groups is 1. The normalized spacial score (nSPS) is 11.6. The zero-order valence-electron chi connectivity index (χ0n) is 15.4. The fraction of sp³-hybridized carbons (Fsp3) is 0.316. The maximum Gasteiger partial charge on any atom is 0.253 e. The SMILES string of the molecule is CCN(CC)S(=O)(=O)c1cccc(C(=O)N(C)Cc2ccc(F)c(F)c2)c1. The zero-order valence-corrected chi connectivity index (χ0v) is 16.3. The van der Waals surface area contributed by atoms with Gasteiger partial charge < -0.3 is 4.90 Å². The second kappa shape index (κ2) is 8.58. The first-order valence-corrected chi connectivity index (χ1v) is 9.94. The number of hydrogen-bond acceptors (Lipinski definition) is 3. The van der Waals surface area contributed by atoms with Crippen LogP contribution in [0.5, 0.6) is 0 Å². The standard InChI is InChI=1S/C19H22F2N2O3S/c1-4-23(5-2)27(25,26)16-8-6-7-15(12-16)19(24)22(3)13-14-9-10-17(20)18(21)11-14/h6-12H,4-5,13H2,1-3H3. The molecule has 0 saturated carbocycles. The Kier molecular flexibility index (Phi) is 6.67. The van der Waals surface area contributed by atoms with Crippen LogP contribution >= 0.6 is 0 Å². The maximum atomic E-state index is 13.3. The van der Waals surface area contributed by atoms with Crippen LogP contribution in [0.4, 0.5) is 8.78 Å². The molecule has 0 atom stereocenters. The quantitative estimate of drug-likeness (QED) is 0.722. The molecule has 146 valence electrons. The van der Waals surface area contributed by atoms with Gasteiger partial charge in [0.1, 0.15) is 0 Å². The first-order valence-electron chi connectivity index (χ1n) is 8.50. The summed E-state index contributed by atoms with van der Waals surface area (Å²) >= 11 is 0. The lowest BCUT2D eigenvalue weighted by molar-refractivity contribution is 0.0784. The van der Waals surface area contributed by atoms with E-state index in [1.807, 2.05) is 0 Å². The Bertz CT molecular complexity index is 928. The van der Waals surface area contributed by atoms with Crippen molar-refractivity contribution in [3.8, 4) is 0 Å². The molecule has 0 fully saturated rings. The van der Waals surface area contributed by atoms with Gasteiger partial charge in [-0.05, 0) is 35.9 Å². The van der Waals surface area contributed by atoms with Crippen molar-refractivity contribution in [1.82, 2.24) is 9.21 Å². The van der Waals surface area contributed by atoms with Crippen LogP contribution in [0.1, 0.15) is 29.8 Å². The van der Waals surface area contributed by atoms with Gasteiger partial charge in [0.25, 0.3) is 5.91 Å². The predicted molar refractivity (Wildman–Crippen MR) is 98.7 cm³/mol. The molecule has 0 heterocycles. The minimum Gasteiger partial charge on any atom is -0.337 e. The van der Waals surface area contributed by atoms with Crippen LogP contribution in [0, 0.1) is 11.6 Å². The smallest absolute Gasteiger partial charge is 0.253 e. The molecule has 8 heteroatoms. The van der Waals surface area contributed by atoms with Crippen molar-refractivity contribution in [2.45, 2.75) is 25.3 Å². The van der Waals surface area contributed by atoms with Crippen molar-refractivity contribution in [2.75, 3.05) is 20.1 Å². The van der Waals surface area contributed by atoms with E-state index in [-0.39, 0.29) is 17.0 Å². The maximum absolute atomic E-state index is 13.3. The molecule has 0 aliphatic heterocycles. The Balaban J connectivity index is 2.25. The van der Waals surface area contributed by atoms with E-state index in [1.54, 1.807) is 13.8 Å². The number of nitrogens with zero attached hydrogens (tertiary/aromatic N) is 2. The van der Waals surface area contributed by atoms with Crippen molar-refractivity contribution in [3.63, 3.8) is 0 Å². The second-order valence-electron chi connectivity index (χ2n) is 6.03. The van der Waals surface area contributed by atoms with Gasteiger partial charge in [-0.25, -0.2) is 17.2 Å². The van der Waals surface area contributed by atoms with Crippen LogP contribution in [0.15, 0.2) is 47.4 Å². The Hall–Kier alpha value is -2.32. The summed E-state index contributed by atoms with van der Waals surface area (Å²) < 4.78 is 52.9. The summed E-state index contributed by atoms with van der Waals surface area (Å²) in [6.07, 6.45) is 0. The number of rotatable bonds is 7. The van der Waals surface area contributed by atoms with E-state index in [0.717, 1.165) is 12.1 Å². The lowest BCUT2D eigenvalue weighted by atomic mass is 10.1. The lowest BCUT2D eigenvalue weighted by Crippen LogP contribution is -2.31. The summed E-state index contributed by atoms with van der Waals surface area (Å²) in [6, 6.07) is 9.22. The predicted octanol–water partition coefficient (Wildman–Crippen LogP) is 3.27. The monoisotopic (exact) mass is 396 g/mol. The molecule has 0 aliphatic carbocycles. The van der Waals surface area contributed by atoms with E-state index >= 15 is 0 Å². The van der Waals surface area contributed by atoms with Crippen molar-refractivity contribution >= 4 is 15.9 Å². The first-order chi connectivity index (χ1) is 12.7. The Morgan fingerprint density at radius 1 is 1.00 bits per heavy atom. The molecule has 1 amide bonds. The molecule has 2 aromatic carbocycles. The third kappa shape index (κ3) is 4.70. The van der Waals surface area contributed by atoms with Crippen molar-refractivity contribution < 1.29 is 22.0 Å². The number of sulfonamides is 1. The van der Waals surface area contributed by atoms with Crippen molar-refractivity contribution in [1.29, 1.82) is 0 Å². The third-order valence-electron chi connectivity index (χ3n) is 4.17. The molecule has 0 radical (unpaired) electrons. The lowest BCUT2D eigenvalue weighted by Gasteiger charge is -2.20. The third-order valence-corrected chi connectivity index (χ3v) is 6.22. The molecular weight excluding hydrogens is 374 g/mol. The van der Waals surface area contributed by atoms with E-state index in [4.69, 9.17) is 0 Å². The average molecular weight is 396 g/mol. The zero-order chi connectivity index (χ0) is 20.2. The highest BCUT2D eigenvalue weighted by molar-refractivity contribution is 7.89. The van der Waals surface area contributed by atoms with Crippen LogP contribution < -0.4 is 0 Å². The second-order valence-corrected chi connectivity index (χ2v) is 7.96. The van der Waals surface area contributed by atoms with Gasteiger partial charge in [-0.15, -0.1) is 0 Å². The minimum absolute atomic E-state index is 0.0401. The molecule has 0 aliphatic rings. The van der Waals surface area contributed by atoms with Crippen molar-refractivity contribution in [3.05, 3.63) is 65.2 Å². The van der Waals surface area contributed by atoms with Gasteiger partial charge in [0.2, 0.25) is 10.0 Å². The molecule has 2 rings (SSSR count). The van der Waals surface area contributed by atoms with Gasteiger partial charge >= 0.3 is 0 Å². The van der Waals surface area contributed by atoms with E-state index in [9.17, 15) is 22.0 Å². The highest BCUT2D eigenvalue weighted by Gasteiger charge is 2.23. The number of hydrogen-bond donors (Lipinski definition) is 0. The van der Waals surface area contributed by atoms with Crippen LogP contribution in [-0.4, -0.2) is 43.7 Å². The largest absolute Gasteiger partial charge is 0.337 e. The van der Waals surface area contributed by atoms with E-state index in [0.29, 0.717) is 18.7 Å². The van der Waals surface area contributed by atoms with Gasteiger partial charge in [0, 0.05) is 32.2 Å². The highest BCUT2D eigenvalue weighted by Crippen LogP contribution is 2.18. The summed E-state index contributed by atoms with van der Waals surface area (Å²) in [5, 5.41) is 0. The van der Waals surface area contributed by atoms with Gasteiger partial charge in [0.05, 0.1) is 4.90 Å². The molecule has 0 spiro atoms. The molecule has 0 bridgehead atoms. The van der Waals surface area contributed by atoms with Gasteiger partial charge in [-0.2, -0.15) is 4.31 Å². The topological polar surface area (TPSA) is 57.7 Å². The van der Waals surface area contributed by atoms with Crippen LogP contribution in [0.2, 0.25) is 0 Å². The summed E-state index contributed by atoms with van der Waals surface area (Å²) in [4.78, 5) is 14.0. The molecule has 5 nitrogen and oxygen atoms in total. The number of benzene rings is 2. The molecule has 2 aromatic rings. The number of halogens is 2. The molecule has 0 aromatic heterocycles. The van der Waals surface area contributed by atoms with Gasteiger partial charge in [-0.3, -0.25) is 4.79 Å². The van der Waals surface area contributed by atoms with Crippen LogP contribution in [0.3, 0.4) is 0 Å². The van der Waals surface area contributed by atoms with Gasteiger partial charge in [-0.1, -0.05) is 26.0 Å². The Morgan fingerprint density at radius 3 is 2.26 bits per heavy atom. The van der Waals surface area contributed by atoms with Crippen molar-refractivity contribution in [2.24, 2.45) is 0 Å². The fourth-order valence-electron chi connectivity index (χ4n) is 2.71. The Labute approximate surface area is 158 Å². The number of carbonyl (C=O) groups excluding carboxylic acids is 1. The van der Waals surface area contributed by atoms with Crippen LogP contribution in [0.25, 0.3) is 0 Å². The summed E-state index contributed by atoms with van der Waals surface area (Å²) in [6.45, 7) is 4.19. The van der Waals surface area contributed by atoms with E-state index < -0.39 is 27.6 Å². The Morgan fingerprint density at radius 2 is 1.67 bits per heavy atom. The highest BCUT2D eigenvalue weighted by atomic mass is 32.2. The minimum atomic E-state index is -3.68. The molecule has 0 unspecified atom stereocenters. The summed E-state index contributed by atoms with van der Waals surface area (Å²) in [7, 11) is -2.17. The molecule has 0 N–H and O–H groups in total. The summed E-state index contributed by atoms with van der Waals surface area (Å²) in [5.41, 5.74) is 0.630.